The van der Waals surface area contributed by atoms with E-state index in [1.165, 1.54) is 32.3 Å². The van der Waals surface area contributed by atoms with Gasteiger partial charge in [0.25, 0.3) is 0 Å². The zero-order valence-corrected chi connectivity index (χ0v) is 28.9. The lowest BCUT2D eigenvalue weighted by atomic mass is 10.2. The quantitative estimate of drug-likeness (QED) is 0.0943. The minimum absolute atomic E-state index is 0. The second kappa shape index (κ2) is 19.0. The van der Waals surface area contributed by atoms with Crippen LogP contribution in [-0.2, 0) is 45.0 Å². The zero-order chi connectivity index (χ0) is 28.2. The van der Waals surface area contributed by atoms with Gasteiger partial charge in [-0.3, -0.25) is 9.59 Å². The highest BCUT2D eigenvalue weighted by Gasteiger charge is 2.17. The normalized spacial score (nSPS) is 10.4. The molecule has 0 aliphatic carbocycles. The average molecular weight is 739 g/mol. The Labute approximate surface area is 277 Å². The van der Waals surface area contributed by atoms with Gasteiger partial charge in [-0.05, 0) is 12.8 Å². The lowest BCUT2D eigenvalue weighted by Crippen LogP contribution is -3.00. The maximum absolute atomic E-state index is 12.1. The van der Waals surface area contributed by atoms with Gasteiger partial charge in [0.15, 0.2) is 24.5 Å². The summed E-state index contributed by atoms with van der Waals surface area (Å²) in [7, 11) is 0. The van der Waals surface area contributed by atoms with Gasteiger partial charge >= 0.3 is 11.9 Å². The first-order valence-corrected chi connectivity index (χ1v) is 15.6. The Morgan fingerprint density at radius 3 is 1.40 bits per heavy atom. The number of halogens is 2. The molecule has 2 aromatic carbocycles. The summed E-state index contributed by atoms with van der Waals surface area (Å²) in [4.78, 5) is 26.8. The third kappa shape index (κ3) is 11.4. The number of carbonyl (C=O) groups is 2. The van der Waals surface area contributed by atoms with Crippen LogP contribution in [0, 0.1) is 13.8 Å². The van der Waals surface area contributed by atoms with Gasteiger partial charge < -0.3 is 43.4 Å². The van der Waals surface area contributed by atoms with E-state index in [0.717, 1.165) is 13.1 Å². The first-order chi connectivity index (χ1) is 19.5. The molecular weight excluding hydrogens is 700 g/mol. The zero-order valence-electron chi connectivity index (χ0n) is 24.1. The predicted molar refractivity (Wildman–Crippen MR) is 157 cm³/mol. The van der Waals surface area contributed by atoms with Crippen molar-refractivity contribution in [3.8, 4) is 0 Å². The Morgan fingerprint density at radius 2 is 1.02 bits per heavy atom. The Bertz CT molecular complexity index is 1270. The molecule has 42 heavy (non-hydrogen) atoms. The number of ether oxygens (including phenoxy) is 2. The SMILES string of the molecule is Cc1c(CCOC(=O)CCCCC(=O)OCCc2sc[n+](Cc3ccccc3)c2C)sc[n+]1Cc1ccccc1.[Br-].[Br-]. The fraction of sp³-hybridized carbons (Fsp3) is 0.375. The molecule has 0 fully saturated rings. The van der Waals surface area contributed by atoms with Crippen LogP contribution in [0.2, 0.25) is 0 Å². The summed E-state index contributed by atoms with van der Waals surface area (Å²) >= 11 is 3.40. The van der Waals surface area contributed by atoms with Crippen molar-refractivity contribution in [3.05, 3.63) is 104 Å². The molecule has 0 atom stereocenters. The first kappa shape index (κ1) is 35.8. The lowest BCUT2D eigenvalue weighted by molar-refractivity contribution is -0.689. The van der Waals surface area contributed by atoms with E-state index < -0.39 is 0 Å². The minimum Gasteiger partial charge on any atom is -1.00 e. The largest absolute Gasteiger partial charge is 1.00 e. The van der Waals surface area contributed by atoms with Crippen molar-refractivity contribution in [2.75, 3.05) is 13.2 Å². The number of thiazole rings is 2. The maximum Gasteiger partial charge on any atom is 0.305 e. The number of carbonyl (C=O) groups excluding carboxylic acids is 2. The molecule has 2 heterocycles. The van der Waals surface area contributed by atoms with Gasteiger partial charge in [0, 0.05) is 50.7 Å². The smallest absolute Gasteiger partial charge is 0.305 e. The van der Waals surface area contributed by atoms with E-state index in [-0.39, 0.29) is 45.9 Å². The van der Waals surface area contributed by atoms with Crippen LogP contribution in [0.3, 0.4) is 0 Å². The summed E-state index contributed by atoms with van der Waals surface area (Å²) in [5.41, 5.74) is 9.21. The fourth-order valence-corrected chi connectivity index (χ4v) is 6.41. The molecule has 4 rings (SSSR count). The van der Waals surface area contributed by atoms with Crippen LogP contribution in [0.4, 0.5) is 0 Å². The first-order valence-electron chi connectivity index (χ1n) is 13.8. The van der Waals surface area contributed by atoms with Gasteiger partial charge in [0.2, 0.25) is 11.0 Å². The number of benzene rings is 2. The highest BCUT2D eigenvalue weighted by atomic mass is 79.9. The molecule has 0 unspecified atom stereocenters. The van der Waals surface area contributed by atoms with Gasteiger partial charge in [-0.2, -0.15) is 9.13 Å². The third-order valence-electron chi connectivity index (χ3n) is 6.90. The summed E-state index contributed by atoms with van der Waals surface area (Å²) < 4.78 is 15.4. The number of rotatable bonds is 15. The van der Waals surface area contributed by atoms with Gasteiger partial charge in [-0.15, -0.1) is 0 Å². The number of esters is 2. The van der Waals surface area contributed by atoms with Crippen molar-refractivity contribution in [1.29, 1.82) is 0 Å². The molecule has 0 amide bonds. The predicted octanol–water partition coefficient (Wildman–Crippen LogP) is -0.462. The van der Waals surface area contributed by atoms with E-state index in [1.54, 1.807) is 22.7 Å². The van der Waals surface area contributed by atoms with E-state index in [1.807, 2.05) is 12.1 Å². The molecular formula is C32H38Br2N2O4S2. The summed E-state index contributed by atoms with van der Waals surface area (Å²) in [5, 5.41) is 0. The van der Waals surface area contributed by atoms with Crippen molar-refractivity contribution >= 4 is 34.6 Å². The number of hydrogen-bond acceptors (Lipinski definition) is 6. The van der Waals surface area contributed by atoms with Crippen LogP contribution in [0.25, 0.3) is 0 Å². The molecule has 4 aromatic rings. The molecule has 0 N–H and O–H groups in total. The van der Waals surface area contributed by atoms with Crippen molar-refractivity contribution in [1.82, 2.24) is 0 Å². The number of aromatic nitrogens is 2. The number of unbranched alkanes of at least 4 members (excludes halogenated alkanes) is 1. The third-order valence-corrected chi connectivity index (χ3v) is 9.19. The topological polar surface area (TPSA) is 60.4 Å². The minimum atomic E-state index is -0.211. The molecule has 6 nitrogen and oxygen atoms in total. The van der Waals surface area contributed by atoms with Crippen LogP contribution < -0.4 is 43.1 Å². The van der Waals surface area contributed by atoms with Crippen LogP contribution in [0.1, 0.15) is 58.0 Å². The average Bonchev–Trinajstić information content (AvgIpc) is 3.49. The molecule has 0 spiro atoms. The monoisotopic (exact) mass is 736 g/mol. The Balaban J connectivity index is 0.00000308. The van der Waals surface area contributed by atoms with E-state index in [9.17, 15) is 9.59 Å². The molecule has 0 radical (unpaired) electrons. The van der Waals surface area contributed by atoms with Crippen molar-refractivity contribution in [2.24, 2.45) is 0 Å². The fourth-order valence-electron chi connectivity index (χ4n) is 4.45. The summed E-state index contributed by atoms with van der Waals surface area (Å²) in [6, 6.07) is 20.7. The van der Waals surface area contributed by atoms with Gasteiger partial charge in [-0.25, -0.2) is 0 Å². The number of nitrogens with zero attached hydrogens (tertiary/aromatic N) is 2. The van der Waals surface area contributed by atoms with Gasteiger partial charge in [0.05, 0.1) is 23.0 Å². The van der Waals surface area contributed by atoms with Crippen LogP contribution in [0.5, 0.6) is 0 Å². The molecule has 0 saturated carbocycles. The van der Waals surface area contributed by atoms with E-state index in [2.05, 4.69) is 82.5 Å². The molecule has 0 aliphatic rings. The summed E-state index contributed by atoms with van der Waals surface area (Å²) in [5.74, 6) is -0.423. The van der Waals surface area contributed by atoms with E-state index in [4.69, 9.17) is 9.47 Å². The van der Waals surface area contributed by atoms with Crippen molar-refractivity contribution < 1.29 is 62.2 Å². The molecule has 2 aromatic heterocycles. The molecule has 0 bridgehead atoms. The maximum atomic E-state index is 12.1. The highest BCUT2D eigenvalue weighted by molar-refractivity contribution is 7.09. The van der Waals surface area contributed by atoms with Crippen molar-refractivity contribution in [3.63, 3.8) is 0 Å². The molecule has 0 saturated heterocycles. The molecule has 0 aliphatic heterocycles. The van der Waals surface area contributed by atoms with Crippen LogP contribution in [-0.4, -0.2) is 25.2 Å². The second-order valence-corrected chi connectivity index (χ2v) is 11.7. The molecule has 226 valence electrons. The summed E-state index contributed by atoms with van der Waals surface area (Å²) in [6.45, 7) is 6.66. The number of hydrogen-bond donors (Lipinski definition) is 0. The van der Waals surface area contributed by atoms with E-state index >= 15 is 0 Å². The lowest BCUT2D eigenvalue weighted by Gasteiger charge is -2.05. The van der Waals surface area contributed by atoms with E-state index in [0.29, 0.717) is 51.7 Å². The van der Waals surface area contributed by atoms with Crippen LogP contribution in [0.15, 0.2) is 71.7 Å². The second-order valence-electron chi connectivity index (χ2n) is 9.84. The summed E-state index contributed by atoms with van der Waals surface area (Å²) in [6.07, 6.45) is 3.30. The Morgan fingerprint density at radius 1 is 0.643 bits per heavy atom. The van der Waals surface area contributed by atoms with Gasteiger partial charge in [-0.1, -0.05) is 83.3 Å². The Hall–Kier alpha value is -2.40. The van der Waals surface area contributed by atoms with Gasteiger partial charge in [0.1, 0.15) is 0 Å². The Kier molecular flexibility index (Phi) is 16.2. The highest BCUT2D eigenvalue weighted by Crippen LogP contribution is 2.15. The standard InChI is InChI=1S/C32H38N2O4S2.2BrH/c1-25-29(39-23-33(25)21-27-11-5-3-6-12-27)17-19-37-31(35)15-9-10-16-32(36)38-20-18-30-26(2)34(24-40-30)22-28-13-7-4-8-14-28;;/h3-8,11-14,23-24H,9-10,15-22H2,1-2H3;2*1H/q+2;;/p-2. The van der Waals surface area contributed by atoms with Crippen molar-refractivity contribution in [2.45, 2.75) is 65.5 Å². The van der Waals surface area contributed by atoms with Crippen LogP contribution >= 0.6 is 22.7 Å². The molecule has 10 heteroatoms.